The maximum Gasteiger partial charge on any atom is 0.258 e. The SMILES string of the molecule is CCN(CC)C(=O)c1c(C(=O)NC(C)(C(N)=O)C(C)C)ccc2c1OCO2. The zero-order valence-corrected chi connectivity index (χ0v) is 16.4. The first-order valence-electron chi connectivity index (χ1n) is 9.01. The molecule has 1 aliphatic heterocycles. The van der Waals surface area contributed by atoms with E-state index in [1.54, 1.807) is 31.7 Å². The Bertz CT molecular complexity index is 758. The zero-order chi connectivity index (χ0) is 20.4. The Balaban J connectivity index is 2.52. The summed E-state index contributed by atoms with van der Waals surface area (Å²) in [5, 5.41) is 2.69. The number of nitrogens with zero attached hydrogens (tertiary/aromatic N) is 1. The van der Waals surface area contributed by atoms with Crippen LogP contribution >= 0.6 is 0 Å². The molecule has 0 saturated carbocycles. The van der Waals surface area contributed by atoms with Crippen LogP contribution < -0.4 is 20.5 Å². The van der Waals surface area contributed by atoms with Crippen molar-refractivity contribution in [1.29, 1.82) is 0 Å². The van der Waals surface area contributed by atoms with Crippen LogP contribution in [0.5, 0.6) is 11.5 Å². The Morgan fingerprint density at radius 1 is 1.22 bits per heavy atom. The van der Waals surface area contributed by atoms with Crippen molar-refractivity contribution in [2.45, 2.75) is 40.2 Å². The molecule has 8 heteroatoms. The molecular weight excluding hydrogens is 350 g/mol. The number of nitrogens with one attached hydrogen (secondary N) is 1. The number of carbonyl (C=O) groups excluding carboxylic acids is 3. The van der Waals surface area contributed by atoms with Crippen molar-refractivity contribution in [2.24, 2.45) is 11.7 Å². The second-order valence-electron chi connectivity index (χ2n) is 6.87. The molecule has 1 unspecified atom stereocenters. The van der Waals surface area contributed by atoms with Crippen LogP contribution in [0.3, 0.4) is 0 Å². The molecule has 3 N–H and O–H groups in total. The van der Waals surface area contributed by atoms with E-state index in [0.29, 0.717) is 18.8 Å². The molecular formula is C19H27N3O5. The number of ether oxygens (including phenoxy) is 2. The van der Waals surface area contributed by atoms with Crippen molar-refractivity contribution in [3.63, 3.8) is 0 Å². The summed E-state index contributed by atoms with van der Waals surface area (Å²) in [5.41, 5.74) is 4.48. The third-order valence-electron chi connectivity index (χ3n) is 5.09. The molecule has 0 spiro atoms. The van der Waals surface area contributed by atoms with Gasteiger partial charge in [0.15, 0.2) is 11.5 Å². The number of hydrogen-bond acceptors (Lipinski definition) is 5. The lowest BCUT2D eigenvalue weighted by molar-refractivity contribution is -0.125. The van der Waals surface area contributed by atoms with Crippen LogP contribution in [-0.2, 0) is 4.79 Å². The van der Waals surface area contributed by atoms with Crippen molar-refractivity contribution in [1.82, 2.24) is 10.2 Å². The average Bonchev–Trinajstić information content (AvgIpc) is 3.09. The van der Waals surface area contributed by atoms with Gasteiger partial charge in [-0.1, -0.05) is 13.8 Å². The van der Waals surface area contributed by atoms with Crippen LogP contribution in [0.25, 0.3) is 0 Å². The van der Waals surface area contributed by atoms with Gasteiger partial charge in [0.2, 0.25) is 12.7 Å². The highest BCUT2D eigenvalue weighted by atomic mass is 16.7. The molecule has 0 saturated heterocycles. The standard InChI is InChI=1S/C19H27N3O5/c1-6-22(7-2)17(24)14-12(8-9-13-15(14)27-10-26-13)16(23)21-19(5,11(3)4)18(20)25/h8-9,11H,6-7,10H2,1-5H3,(H2,20,25)(H,21,23). The monoisotopic (exact) mass is 377 g/mol. The Morgan fingerprint density at radius 3 is 2.37 bits per heavy atom. The molecule has 1 atom stereocenters. The fraction of sp³-hybridized carbons (Fsp3) is 0.526. The van der Waals surface area contributed by atoms with Crippen molar-refractivity contribution < 1.29 is 23.9 Å². The van der Waals surface area contributed by atoms with Crippen LogP contribution in [0, 0.1) is 5.92 Å². The lowest BCUT2D eigenvalue weighted by atomic mass is 9.87. The normalized spacial score (nSPS) is 14.6. The Hall–Kier alpha value is -2.77. The molecule has 8 nitrogen and oxygen atoms in total. The predicted molar refractivity (Wildman–Crippen MR) is 99.7 cm³/mol. The first kappa shape index (κ1) is 20.5. The number of nitrogens with two attached hydrogens (primary N) is 1. The van der Waals surface area contributed by atoms with Gasteiger partial charge in [0.05, 0.1) is 11.1 Å². The molecule has 0 bridgehead atoms. The fourth-order valence-corrected chi connectivity index (χ4v) is 2.84. The largest absolute Gasteiger partial charge is 0.454 e. The van der Waals surface area contributed by atoms with E-state index in [1.807, 2.05) is 13.8 Å². The van der Waals surface area contributed by atoms with Gasteiger partial charge in [-0.2, -0.15) is 0 Å². The maximum atomic E-state index is 13.0. The molecule has 1 heterocycles. The van der Waals surface area contributed by atoms with E-state index in [9.17, 15) is 14.4 Å². The van der Waals surface area contributed by atoms with Crippen LogP contribution in [0.1, 0.15) is 55.3 Å². The van der Waals surface area contributed by atoms with Crippen LogP contribution in [0.2, 0.25) is 0 Å². The molecule has 0 aromatic heterocycles. The lowest BCUT2D eigenvalue weighted by Gasteiger charge is -2.32. The van der Waals surface area contributed by atoms with E-state index in [1.165, 1.54) is 6.07 Å². The fourth-order valence-electron chi connectivity index (χ4n) is 2.84. The molecule has 1 aromatic rings. The topological polar surface area (TPSA) is 111 Å². The second-order valence-corrected chi connectivity index (χ2v) is 6.87. The highest BCUT2D eigenvalue weighted by molar-refractivity contribution is 6.10. The molecule has 1 aliphatic rings. The minimum atomic E-state index is -1.26. The van der Waals surface area contributed by atoms with Crippen molar-refractivity contribution in [3.05, 3.63) is 23.3 Å². The van der Waals surface area contributed by atoms with Crippen molar-refractivity contribution >= 4 is 17.7 Å². The maximum absolute atomic E-state index is 13.0. The minimum absolute atomic E-state index is 0.0239. The van der Waals surface area contributed by atoms with Crippen LogP contribution in [0.15, 0.2) is 12.1 Å². The quantitative estimate of drug-likeness (QED) is 0.748. The van der Waals surface area contributed by atoms with Gasteiger partial charge in [-0.25, -0.2) is 0 Å². The third-order valence-corrected chi connectivity index (χ3v) is 5.09. The Labute approximate surface area is 159 Å². The number of fused-ring (bicyclic) bond motifs is 1. The minimum Gasteiger partial charge on any atom is -0.454 e. The average molecular weight is 377 g/mol. The van der Waals surface area contributed by atoms with Gasteiger partial charge >= 0.3 is 0 Å². The number of primary amides is 1. The number of benzene rings is 1. The highest BCUT2D eigenvalue weighted by Crippen LogP contribution is 2.38. The summed E-state index contributed by atoms with van der Waals surface area (Å²) in [6.45, 7) is 9.77. The van der Waals surface area contributed by atoms with E-state index < -0.39 is 17.4 Å². The molecule has 0 aliphatic carbocycles. The molecule has 0 radical (unpaired) electrons. The third kappa shape index (κ3) is 3.70. The molecule has 3 amide bonds. The molecule has 0 fully saturated rings. The molecule has 148 valence electrons. The summed E-state index contributed by atoms with van der Waals surface area (Å²) >= 11 is 0. The molecule has 1 aromatic carbocycles. The van der Waals surface area contributed by atoms with Crippen molar-refractivity contribution in [2.75, 3.05) is 19.9 Å². The van der Waals surface area contributed by atoms with Gasteiger partial charge in [0, 0.05) is 13.1 Å². The predicted octanol–water partition coefficient (Wildman–Crippen LogP) is 1.53. The van der Waals surface area contributed by atoms with Gasteiger partial charge in [-0.15, -0.1) is 0 Å². The van der Waals surface area contributed by atoms with Gasteiger partial charge in [0.1, 0.15) is 5.54 Å². The molecule has 2 rings (SSSR count). The Morgan fingerprint density at radius 2 is 1.85 bits per heavy atom. The highest BCUT2D eigenvalue weighted by Gasteiger charge is 2.38. The summed E-state index contributed by atoms with van der Waals surface area (Å²) in [6, 6.07) is 3.08. The van der Waals surface area contributed by atoms with E-state index in [-0.39, 0.29) is 35.5 Å². The van der Waals surface area contributed by atoms with Crippen LogP contribution in [-0.4, -0.2) is 48.0 Å². The van der Waals surface area contributed by atoms with Gasteiger partial charge in [-0.3, -0.25) is 14.4 Å². The lowest BCUT2D eigenvalue weighted by Crippen LogP contribution is -2.58. The first-order chi connectivity index (χ1) is 12.7. The van der Waals surface area contributed by atoms with E-state index in [0.717, 1.165) is 0 Å². The van der Waals surface area contributed by atoms with Crippen molar-refractivity contribution in [3.8, 4) is 11.5 Å². The van der Waals surface area contributed by atoms with E-state index in [2.05, 4.69) is 5.32 Å². The number of hydrogen-bond donors (Lipinski definition) is 2. The summed E-state index contributed by atoms with van der Waals surface area (Å²) in [7, 11) is 0. The molecule has 27 heavy (non-hydrogen) atoms. The van der Waals surface area contributed by atoms with E-state index in [4.69, 9.17) is 15.2 Å². The summed E-state index contributed by atoms with van der Waals surface area (Å²) in [6.07, 6.45) is 0. The number of carbonyl (C=O) groups is 3. The first-order valence-corrected chi connectivity index (χ1v) is 9.01. The van der Waals surface area contributed by atoms with Gasteiger partial charge in [-0.05, 0) is 38.8 Å². The van der Waals surface area contributed by atoms with E-state index >= 15 is 0 Å². The summed E-state index contributed by atoms with van der Waals surface area (Å²) < 4.78 is 10.8. The van der Waals surface area contributed by atoms with Gasteiger partial charge in [0.25, 0.3) is 11.8 Å². The zero-order valence-electron chi connectivity index (χ0n) is 16.4. The number of rotatable bonds is 7. The number of amides is 3. The van der Waals surface area contributed by atoms with Crippen LogP contribution in [0.4, 0.5) is 0 Å². The second kappa shape index (κ2) is 7.85. The smallest absolute Gasteiger partial charge is 0.258 e. The summed E-state index contributed by atoms with van der Waals surface area (Å²) in [5.74, 6) is -1.15. The summed E-state index contributed by atoms with van der Waals surface area (Å²) in [4.78, 5) is 39.6. The van der Waals surface area contributed by atoms with Gasteiger partial charge < -0.3 is 25.4 Å². The Kier molecular flexibility index (Phi) is 5.98.